The summed E-state index contributed by atoms with van der Waals surface area (Å²) in [6, 6.07) is 15.2. The van der Waals surface area contributed by atoms with Gasteiger partial charge in [-0.05, 0) is 44.0 Å². The van der Waals surface area contributed by atoms with E-state index in [2.05, 4.69) is 0 Å². The van der Waals surface area contributed by atoms with Gasteiger partial charge in [0.05, 0.1) is 6.61 Å². The number of likely N-dealkylation sites (N-methyl/N-ethyl adjacent to an activating group) is 1. The topological polar surface area (TPSA) is 96.3 Å². The first-order valence-corrected chi connectivity index (χ1v) is 9.19. The summed E-state index contributed by atoms with van der Waals surface area (Å²) >= 11 is 0. The molecule has 156 valence electrons. The molecular weight excluding hydrogens is 374 g/mol. The fraction of sp³-hybridized carbons (Fsp3) is 0.364. The second-order valence-corrected chi connectivity index (χ2v) is 7.75. The first-order valence-electron chi connectivity index (χ1n) is 9.19. The number of carboxylic acid groups (broad SMARTS) is 1. The third-order valence-corrected chi connectivity index (χ3v) is 4.24. The van der Waals surface area contributed by atoms with Gasteiger partial charge in [0, 0.05) is 13.5 Å². The largest absolute Gasteiger partial charge is 0.508 e. The molecule has 2 aromatic carbocycles. The van der Waals surface area contributed by atoms with E-state index in [9.17, 15) is 19.8 Å². The summed E-state index contributed by atoms with van der Waals surface area (Å²) in [6.07, 6.45) is -0.947. The van der Waals surface area contributed by atoms with Crippen molar-refractivity contribution in [2.45, 2.75) is 45.1 Å². The Bertz CT molecular complexity index is 829. The second kappa shape index (κ2) is 8.96. The van der Waals surface area contributed by atoms with Gasteiger partial charge in [0.15, 0.2) is 0 Å². The van der Waals surface area contributed by atoms with Crippen molar-refractivity contribution in [3.05, 3.63) is 65.7 Å². The van der Waals surface area contributed by atoms with Gasteiger partial charge in [-0.15, -0.1) is 0 Å². The van der Waals surface area contributed by atoms with Gasteiger partial charge in [-0.3, -0.25) is 4.90 Å². The van der Waals surface area contributed by atoms with Gasteiger partial charge in [-0.25, -0.2) is 9.59 Å². The van der Waals surface area contributed by atoms with E-state index >= 15 is 0 Å². The second-order valence-electron chi connectivity index (χ2n) is 7.75. The highest BCUT2D eigenvalue weighted by Crippen LogP contribution is 2.27. The fourth-order valence-corrected chi connectivity index (χ4v) is 2.69. The Balaban J connectivity index is 2.40. The molecule has 1 amide bonds. The van der Waals surface area contributed by atoms with Crippen LogP contribution < -0.4 is 0 Å². The van der Waals surface area contributed by atoms with Crippen LogP contribution in [0.4, 0.5) is 4.79 Å². The first-order chi connectivity index (χ1) is 13.5. The lowest BCUT2D eigenvalue weighted by Gasteiger charge is -2.38. The number of ether oxygens (including phenoxy) is 2. The molecule has 0 aliphatic rings. The molecule has 2 aromatic rings. The molecule has 7 nitrogen and oxygen atoms in total. The van der Waals surface area contributed by atoms with E-state index in [1.54, 1.807) is 45.0 Å². The number of hydrogen-bond donors (Lipinski definition) is 2. The lowest BCUT2D eigenvalue weighted by atomic mass is 10.0. The summed E-state index contributed by atoms with van der Waals surface area (Å²) in [5.74, 6) is -1.27. The average molecular weight is 401 g/mol. The average Bonchev–Trinajstić information content (AvgIpc) is 2.65. The third-order valence-electron chi connectivity index (χ3n) is 4.24. The third kappa shape index (κ3) is 5.96. The molecule has 0 aliphatic heterocycles. The molecule has 2 rings (SSSR count). The minimum absolute atomic E-state index is 0.0155. The molecule has 7 heteroatoms. The van der Waals surface area contributed by atoms with Crippen molar-refractivity contribution in [1.29, 1.82) is 0 Å². The molecule has 0 aliphatic carbocycles. The Kier molecular flexibility index (Phi) is 6.87. The number of nitrogens with zero attached hydrogens (tertiary/aromatic N) is 1. The van der Waals surface area contributed by atoms with Crippen LogP contribution in [0.3, 0.4) is 0 Å². The standard InChI is InChI=1S/C22H27NO6/c1-21(2,3)29-20(27)23(4)22(19(25)26,14-16-10-12-18(24)13-11-16)28-15-17-8-6-5-7-9-17/h5-13,24H,14-15H2,1-4H3,(H,25,26)/t22-/m1/s1. The van der Waals surface area contributed by atoms with Crippen molar-refractivity contribution in [1.82, 2.24) is 4.90 Å². The molecular formula is C22H27NO6. The number of phenolic OH excluding ortho intramolecular Hbond substituents is 1. The van der Waals surface area contributed by atoms with Crippen molar-refractivity contribution < 1.29 is 29.3 Å². The van der Waals surface area contributed by atoms with Crippen LogP contribution in [0.5, 0.6) is 5.75 Å². The van der Waals surface area contributed by atoms with Crippen LogP contribution in [0.15, 0.2) is 54.6 Å². The number of carboxylic acids is 1. The minimum atomic E-state index is -2.00. The molecule has 0 fully saturated rings. The van der Waals surface area contributed by atoms with Gasteiger partial charge in [-0.1, -0.05) is 42.5 Å². The smallest absolute Gasteiger partial charge is 0.412 e. The molecule has 0 saturated carbocycles. The van der Waals surface area contributed by atoms with Gasteiger partial charge in [-0.2, -0.15) is 0 Å². The molecule has 0 bridgehead atoms. The number of rotatable bonds is 7. The number of carbonyl (C=O) groups excluding carboxylic acids is 1. The Hall–Kier alpha value is -3.06. The van der Waals surface area contributed by atoms with Crippen molar-refractivity contribution >= 4 is 12.1 Å². The number of phenols is 1. The maximum absolute atomic E-state index is 12.7. The van der Waals surface area contributed by atoms with Crippen molar-refractivity contribution in [3.63, 3.8) is 0 Å². The highest BCUT2D eigenvalue weighted by Gasteiger charge is 2.48. The molecule has 0 radical (unpaired) electrons. The molecule has 2 N–H and O–H groups in total. The van der Waals surface area contributed by atoms with Gasteiger partial charge < -0.3 is 19.7 Å². The quantitative estimate of drug-likeness (QED) is 0.685. The fourth-order valence-electron chi connectivity index (χ4n) is 2.69. The molecule has 0 aromatic heterocycles. The van der Waals surface area contributed by atoms with E-state index in [-0.39, 0.29) is 18.8 Å². The SMILES string of the molecule is CN(C(=O)OC(C)(C)C)[C@](Cc1ccc(O)cc1)(OCc1ccccc1)C(=O)O. The summed E-state index contributed by atoms with van der Waals surface area (Å²) in [6.45, 7) is 5.09. The van der Waals surface area contributed by atoms with Crippen LogP contribution in [0.25, 0.3) is 0 Å². The Morgan fingerprint density at radius 3 is 2.07 bits per heavy atom. The summed E-state index contributed by atoms with van der Waals surface area (Å²) in [7, 11) is 1.34. The molecule has 1 atom stereocenters. The van der Waals surface area contributed by atoms with Gasteiger partial charge >= 0.3 is 12.1 Å². The summed E-state index contributed by atoms with van der Waals surface area (Å²) < 4.78 is 11.2. The van der Waals surface area contributed by atoms with E-state index in [1.807, 2.05) is 18.2 Å². The van der Waals surface area contributed by atoms with Crippen LogP contribution in [-0.4, -0.2) is 45.5 Å². The Morgan fingerprint density at radius 1 is 0.966 bits per heavy atom. The van der Waals surface area contributed by atoms with Gasteiger partial charge in [0.2, 0.25) is 5.72 Å². The van der Waals surface area contributed by atoms with Crippen molar-refractivity contribution in [2.75, 3.05) is 7.05 Å². The van der Waals surface area contributed by atoms with Crippen LogP contribution in [0.1, 0.15) is 31.9 Å². The molecule has 0 heterocycles. The maximum atomic E-state index is 12.7. The monoisotopic (exact) mass is 401 g/mol. The lowest BCUT2D eigenvalue weighted by Crippen LogP contribution is -2.59. The summed E-state index contributed by atoms with van der Waals surface area (Å²) in [5.41, 5.74) is -1.46. The number of carbonyl (C=O) groups is 2. The van der Waals surface area contributed by atoms with Crippen molar-refractivity contribution in [3.8, 4) is 5.75 Å². The van der Waals surface area contributed by atoms with Crippen LogP contribution in [0.2, 0.25) is 0 Å². The van der Waals surface area contributed by atoms with Crippen LogP contribution in [0, 0.1) is 0 Å². The number of hydrogen-bond acceptors (Lipinski definition) is 5. The zero-order valence-electron chi connectivity index (χ0n) is 17.1. The van der Waals surface area contributed by atoms with Gasteiger partial charge in [0.1, 0.15) is 11.4 Å². The van der Waals surface area contributed by atoms with E-state index in [0.29, 0.717) is 5.56 Å². The zero-order valence-corrected chi connectivity index (χ0v) is 17.1. The van der Waals surface area contributed by atoms with E-state index < -0.39 is 23.4 Å². The zero-order chi connectivity index (χ0) is 21.7. The van der Waals surface area contributed by atoms with Gasteiger partial charge in [0.25, 0.3) is 0 Å². The van der Waals surface area contributed by atoms with Crippen molar-refractivity contribution in [2.24, 2.45) is 0 Å². The number of benzene rings is 2. The normalized spacial score (nSPS) is 13.4. The molecule has 0 unspecified atom stereocenters. The summed E-state index contributed by atoms with van der Waals surface area (Å²) in [4.78, 5) is 26.1. The Labute approximate surface area is 170 Å². The first kappa shape index (κ1) is 22.2. The van der Waals surface area contributed by atoms with E-state index in [0.717, 1.165) is 10.5 Å². The highest BCUT2D eigenvalue weighted by atomic mass is 16.6. The number of aliphatic carboxylic acids is 1. The molecule has 0 spiro atoms. The molecule has 0 saturated heterocycles. The maximum Gasteiger partial charge on any atom is 0.412 e. The highest BCUT2D eigenvalue weighted by molar-refractivity contribution is 5.83. The predicted molar refractivity (Wildman–Crippen MR) is 107 cm³/mol. The van der Waals surface area contributed by atoms with E-state index in [4.69, 9.17) is 9.47 Å². The number of aromatic hydroxyl groups is 1. The van der Waals surface area contributed by atoms with Crippen LogP contribution >= 0.6 is 0 Å². The summed E-state index contributed by atoms with van der Waals surface area (Å²) in [5, 5.41) is 19.6. The van der Waals surface area contributed by atoms with Crippen LogP contribution in [-0.2, 0) is 27.3 Å². The lowest BCUT2D eigenvalue weighted by molar-refractivity contribution is -0.194. The van der Waals surface area contributed by atoms with E-state index in [1.165, 1.54) is 19.2 Å². The number of amides is 1. The predicted octanol–water partition coefficient (Wildman–Crippen LogP) is 3.80. The Morgan fingerprint density at radius 2 is 1.55 bits per heavy atom. The minimum Gasteiger partial charge on any atom is -0.508 e. The molecule has 29 heavy (non-hydrogen) atoms.